The second-order valence-corrected chi connectivity index (χ2v) is 10.3. The Morgan fingerprint density at radius 3 is 2.56 bits per heavy atom. The van der Waals surface area contributed by atoms with Crippen LogP contribution in [-0.4, -0.2) is 45.9 Å². The minimum atomic E-state index is -0.296. The summed E-state index contributed by atoms with van der Waals surface area (Å²) in [5.74, 6) is 2.11. The van der Waals surface area contributed by atoms with Crippen LogP contribution < -0.4 is 19.7 Å². The summed E-state index contributed by atoms with van der Waals surface area (Å²) in [5.41, 5.74) is 3.27. The number of amides is 1. The van der Waals surface area contributed by atoms with E-state index in [0.717, 1.165) is 22.6 Å². The van der Waals surface area contributed by atoms with Gasteiger partial charge in [0.25, 0.3) is 0 Å². The monoisotopic (exact) mass is 578 g/mol. The molecule has 3 heterocycles. The van der Waals surface area contributed by atoms with Crippen LogP contribution >= 0.6 is 0 Å². The molecule has 1 amide bonds. The lowest BCUT2D eigenvalue weighted by Crippen LogP contribution is -2.38. The fourth-order valence-electron chi connectivity index (χ4n) is 5.08. The summed E-state index contributed by atoms with van der Waals surface area (Å²) in [7, 11) is 1.56. The van der Waals surface area contributed by atoms with Gasteiger partial charge in [-0.25, -0.2) is 19.0 Å². The summed E-state index contributed by atoms with van der Waals surface area (Å²) in [6, 6.07) is 23.2. The molecule has 1 N–H and O–H groups in total. The molecule has 9 nitrogen and oxygen atoms in total. The van der Waals surface area contributed by atoms with Gasteiger partial charge >= 0.3 is 0 Å². The maximum Gasteiger partial charge on any atom is 0.227 e. The molecule has 0 radical (unpaired) electrons. The number of carbonyl (C=O) groups excluding carboxylic acids is 1. The van der Waals surface area contributed by atoms with Crippen molar-refractivity contribution in [3.8, 4) is 28.6 Å². The molecule has 0 saturated carbocycles. The average Bonchev–Trinajstić information content (AvgIpc) is 3.60. The minimum Gasteiger partial charge on any atom is -0.497 e. The van der Waals surface area contributed by atoms with E-state index >= 15 is 0 Å². The summed E-state index contributed by atoms with van der Waals surface area (Å²) >= 11 is 0. The highest BCUT2D eigenvalue weighted by molar-refractivity contribution is 5.93. The van der Waals surface area contributed by atoms with Gasteiger partial charge in [-0.15, -0.1) is 0 Å². The smallest absolute Gasteiger partial charge is 0.227 e. The van der Waals surface area contributed by atoms with E-state index in [-0.39, 0.29) is 24.2 Å². The third kappa shape index (κ3) is 6.81. The number of nitrogens with one attached hydrogen (secondary N) is 1. The first-order valence-corrected chi connectivity index (χ1v) is 14.1. The number of benzene rings is 3. The Morgan fingerprint density at radius 2 is 1.79 bits per heavy atom. The van der Waals surface area contributed by atoms with Crippen molar-refractivity contribution in [3.63, 3.8) is 0 Å². The Balaban J connectivity index is 1.07. The molecule has 0 spiro atoms. The highest BCUT2D eigenvalue weighted by Gasteiger charge is 2.26. The summed E-state index contributed by atoms with van der Waals surface area (Å²) in [6.45, 7) is 1.66. The van der Waals surface area contributed by atoms with Gasteiger partial charge in [0.2, 0.25) is 5.91 Å². The van der Waals surface area contributed by atoms with Gasteiger partial charge in [-0.05, 0) is 54.8 Å². The molecule has 218 valence electrons. The lowest BCUT2D eigenvalue weighted by molar-refractivity contribution is -0.120. The van der Waals surface area contributed by atoms with Gasteiger partial charge in [0.05, 0.1) is 12.8 Å². The van der Waals surface area contributed by atoms with Crippen LogP contribution in [0.15, 0.2) is 97.5 Å². The van der Waals surface area contributed by atoms with Crippen molar-refractivity contribution in [2.75, 3.05) is 30.4 Å². The van der Waals surface area contributed by atoms with Gasteiger partial charge in [-0.2, -0.15) is 5.10 Å². The number of nitrogens with zero attached hydrogens (tertiary/aromatic N) is 5. The van der Waals surface area contributed by atoms with E-state index in [1.54, 1.807) is 54.5 Å². The lowest BCUT2D eigenvalue weighted by Gasteiger charge is -2.32. The van der Waals surface area contributed by atoms with Crippen LogP contribution in [0.25, 0.3) is 17.1 Å². The zero-order valence-corrected chi connectivity index (χ0v) is 23.7. The van der Waals surface area contributed by atoms with E-state index in [1.807, 2.05) is 42.6 Å². The van der Waals surface area contributed by atoms with Crippen LogP contribution in [0.1, 0.15) is 18.4 Å². The van der Waals surface area contributed by atoms with Crippen LogP contribution in [0.2, 0.25) is 0 Å². The van der Waals surface area contributed by atoms with Crippen LogP contribution in [-0.2, 0) is 11.4 Å². The SMILES string of the molecule is COc1cc(NC(=O)C2CCN(c3ccnc(-c4cccc(-n5cccn5)c4)n3)CC2)cc(OCc2ccc(F)cc2)c1. The third-order valence-corrected chi connectivity index (χ3v) is 7.41. The zero-order chi connectivity index (χ0) is 29.6. The molecule has 0 bridgehead atoms. The highest BCUT2D eigenvalue weighted by atomic mass is 19.1. The third-order valence-electron chi connectivity index (χ3n) is 7.41. The number of hydrogen-bond donors (Lipinski definition) is 1. The van der Waals surface area contributed by atoms with Crippen LogP contribution in [0.3, 0.4) is 0 Å². The van der Waals surface area contributed by atoms with Gasteiger partial charge in [-0.3, -0.25) is 4.79 Å². The highest BCUT2D eigenvalue weighted by Crippen LogP contribution is 2.29. The van der Waals surface area contributed by atoms with Crippen LogP contribution in [0.4, 0.5) is 15.9 Å². The number of halogens is 1. The standard InChI is InChI=1S/C33H31FN6O3/c1-42-29-19-27(20-30(21-29)43-22-23-6-8-26(34)9-7-23)37-33(41)24-11-16-39(17-12-24)31-10-14-35-32(38-31)25-4-2-5-28(18-25)40-15-3-13-36-40/h2-10,13-15,18-21,24H,11-12,16-17,22H2,1H3,(H,37,41). The van der Waals surface area contributed by atoms with Crippen molar-refractivity contribution in [2.24, 2.45) is 5.92 Å². The van der Waals surface area contributed by atoms with Crippen molar-refractivity contribution < 1.29 is 18.7 Å². The van der Waals surface area contributed by atoms with E-state index in [9.17, 15) is 9.18 Å². The summed E-state index contributed by atoms with van der Waals surface area (Å²) in [5, 5.41) is 7.34. The molecule has 43 heavy (non-hydrogen) atoms. The molecule has 5 aromatic rings. The minimum absolute atomic E-state index is 0.0452. The van der Waals surface area contributed by atoms with Gasteiger partial charge in [-0.1, -0.05) is 24.3 Å². The first kappa shape index (κ1) is 27.9. The molecule has 6 rings (SSSR count). The van der Waals surface area contributed by atoms with E-state index in [4.69, 9.17) is 14.5 Å². The molecular weight excluding hydrogens is 547 g/mol. The van der Waals surface area contributed by atoms with E-state index in [1.165, 1.54) is 12.1 Å². The quantitative estimate of drug-likeness (QED) is 0.232. The molecule has 1 aliphatic rings. The molecular formula is C33H31FN6O3. The summed E-state index contributed by atoms with van der Waals surface area (Å²) in [6.07, 6.45) is 6.80. The Kier molecular flexibility index (Phi) is 8.26. The number of hydrogen-bond acceptors (Lipinski definition) is 7. The predicted octanol–water partition coefficient (Wildman–Crippen LogP) is 5.91. The normalized spacial score (nSPS) is 13.5. The Hall–Kier alpha value is -5.25. The summed E-state index contributed by atoms with van der Waals surface area (Å²) in [4.78, 5) is 24.8. The Bertz CT molecular complexity index is 1690. The Morgan fingerprint density at radius 1 is 0.977 bits per heavy atom. The molecule has 0 aliphatic carbocycles. The van der Waals surface area contributed by atoms with Crippen molar-refractivity contribution in [1.82, 2.24) is 19.7 Å². The fourth-order valence-corrected chi connectivity index (χ4v) is 5.08. The number of aromatic nitrogens is 4. The molecule has 0 unspecified atom stereocenters. The molecule has 10 heteroatoms. The van der Waals surface area contributed by atoms with Crippen LogP contribution in [0, 0.1) is 11.7 Å². The lowest BCUT2D eigenvalue weighted by atomic mass is 9.95. The Labute approximate surface area is 248 Å². The van der Waals surface area contributed by atoms with Gasteiger partial charge in [0.1, 0.15) is 29.7 Å². The van der Waals surface area contributed by atoms with Crippen LogP contribution in [0.5, 0.6) is 11.5 Å². The number of ether oxygens (including phenoxy) is 2. The average molecular weight is 579 g/mol. The van der Waals surface area contributed by atoms with E-state index < -0.39 is 0 Å². The van der Waals surface area contributed by atoms with Gasteiger partial charge < -0.3 is 19.7 Å². The molecule has 1 saturated heterocycles. The number of anilines is 2. The van der Waals surface area contributed by atoms with E-state index in [0.29, 0.717) is 48.9 Å². The fraction of sp³-hybridized carbons (Fsp3) is 0.212. The summed E-state index contributed by atoms with van der Waals surface area (Å²) < 4.78 is 26.3. The first-order chi connectivity index (χ1) is 21.0. The topological polar surface area (TPSA) is 94.4 Å². The molecule has 2 aromatic heterocycles. The maximum absolute atomic E-state index is 13.2. The van der Waals surface area contributed by atoms with Crippen molar-refractivity contribution in [2.45, 2.75) is 19.4 Å². The largest absolute Gasteiger partial charge is 0.497 e. The number of methoxy groups -OCH3 is 1. The van der Waals surface area contributed by atoms with Gasteiger partial charge in [0, 0.05) is 67.0 Å². The molecule has 1 aliphatic heterocycles. The second kappa shape index (κ2) is 12.7. The number of rotatable bonds is 9. The number of carbonyl (C=O) groups is 1. The van der Waals surface area contributed by atoms with Crippen molar-refractivity contribution in [1.29, 1.82) is 0 Å². The zero-order valence-electron chi connectivity index (χ0n) is 23.7. The molecule has 0 atom stereocenters. The van der Waals surface area contributed by atoms with Gasteiger partial charge in [0.15, 0.2) is 5.82 Å². The predicted molar refractivity (Wildman–Crippen MR) is 162 cm³/mol. The van der Waals surface area contributed by atoms with Crippen molar-refractivity contribution >= 4 is 17.4 Å². The second-order valence-electron chi connectivity index (χ2n) is 10.3. The molecule has 1 fully saturated rings. The van der Waals surface area contributed by atoms with Crippen molar-refractivity contribution in [3.05, 3.63) is 109 Å². The van der Waals surface area contributed by atoms with E-state index in [2.05, 4.69) is 20.3 Å². The molecule has 3 aromatic carbocycles. The first-order valence-electron chi connectivity index (χ1n) is 14.1. The maximum atomic E-state index is 13.2. The number of piperidine rings is 1.